The number of fused-ring (bicyclic) bond motifs is 1. The summed E-state index contributed by atoms with van der Waals surface area (Å²) in [4.78, 5) is 32.0. The highest BCUT2D eigenvalue weighted by molar-refractivity contribution is 5.98. The highest BCUT2D eigenvalue weighted by atomic mass is 16.5. The third-order valence-corrected chi connectivity index (χ3v) is 5.10. The average Bonchev–Trinajstić information content (AvgIpc) is 3.12. The van der Waals surface area contributed by atoms with Crippen LogP contribution in [0.25, 0.3) is 10.9 Å². The Kier molecular flexibility index (Phi) is 4.90. The number of carbonyl (C=O) groups is 2. The average molecular weight is 356 g/mol. The van der Waals surface area contributed by atoms with Crippen molar-refractivity contribution in [1.82, 2.24) is 20.1 Å². The minimum Gasteiger partial charge on any atom is -0.378 e. The van der Waals surface area contributed by atoms with Crippen molar-refractivity contribution in [3.63, 3.8) is 0 Å². The number of benzene rings is 1. The lowest BCUT2D eigenvalue weighted by molar-refractivity contribution is -0.133. The number of ether oxygens (including phenoxy) is 1. The number of nitrogens with one attached hydrogen (secondary N) is 2. The van der Waals surface area contributed by atoms with Crippen LogP contribution in [-0.2, 0) is 9.53 Å². The summed E-state index contributed by atoms with van der Waals surface area (Å²) in [7, 11) is 0. The zero-order chi connectivity index (χ0) is 17.9. The Labute approximate surface area is 152 Å². The van der Waals surface area contributed by atoms with Gasteiger partial charge in [0.2, 0.25) is 5.91 Å². The van der Waals surface area contributed by atoms with Crippen LogP contribution in [0.15, 0.2) is 30.3 Å². The summed E-state index contributed by atoms with van der Waals surface area (Å²) in [6.07, 6.45) is 0.454. The van der Waals surface area contributed by atoms with Gasteiger partial charge in [-0.05, 0) is 12.1 Å². The fourth-order valence-electron chi connectivity index (χ4n) is 3.61. The molecule has 1 unspecified atom stereocenters. The van der Waals surface area contributed by atoms with Crippen molar-refractivity contribution in [2.75, 3.05) is 45.9 Å². The van der Waals surface area contributed by atoms with Crippen LogP contribution in [0.5, 0.6) is 0 Å². The molecule has 1 atom stereocenters. The molecule has 2 aliphatic rings. The molecule has 1 aromatic carbocycles. The Morgan fingerprint density at radius 3 is 2.62 bits per heavy atom. The van der Waals surface area contributed by atoms with Crippen LogP contribution in [0.2, 0.25) is 0 Å². The number of aromatic amines is 1. The number of rotatable bonds is 3. The zero-order valence-electron chi connectivity index (χ0n) is 14.7. The fraction of sp³-hybridized carbons (Fsp3) is 0.474. The van der Waals surface area contributed by atoms with Crippen molar-refractivity contribution >= 4 is 22.7 Å². The Bertz CT molecular complexity index is 756. The normalized spacial score (nSPS) is 21.2. The second-order valence-electron chi connectivity index (χ2n) is 6.87. The van der Waals surface area contributed by atoms with E-state index in [-0.39, 0.29) is 17.9 Å². The van der Waals surface area contributed by atoms with Gasteiger partial charge in [0.25, 0.3) is 5.91 Å². The van der Waals surface area contributed by atoms with Crippen molar-refractivity contribution in [2.24, 2.45) is 0 Å². The Hall–Kier alpha value is -2.38. The summed E-state index contributed by atoms with van der Waals surface area (Å²) in [5.74, 6) is 0.126. The number of hydrogen-bond donors (Lipinski definition) is 2. The first-order valence-corrected chi connectivity index (χ1v) is 9.16. The second-order valence-corrected chi connectivity index (χ2v) is 6.87. The first-order valence-electron chi connectivity index (χ1n) is 9.16. The first-order chi connectivity index (χ1) is 12.7. The van der Waals surface area contributed by atoms with Crippen LogP contribution in [0.1, 0.15) is 16.9 Å². The molecule has 2 aliphatic heterocycles. The maximum atomic E-state index is 12.7. The van der Waals surface area contributed by atoms with Crippen molar-refractivity contribution in [2.45, 2.75) is 12.5 Å². The van der Waals surface area contributed by atoms with Crippen molar-refractivity contribution in [3.8, 4) is 0 Å². The van der Waals surface area contributed by atoms with E-state index in [0.717, 1.165) is 17.4 Å². The van der Waals surface area contributed by atoms with Gasteiger partial charge < -0.3 is 24.8 Å². The van der Waals surface area contributed by atoms with Crippen LogP contribution >= 0.6 is 0 Å². The molecule has 0 spiro atoms. The summed E-state index contributed by atoms with van der Waals surface area (Å²) in [6, 6.07) is 9.85. The molecule has 26 heavy (non-hydrogen) atoms. The van der Waals surface area contributed by atoms with Crippen LogP contribution in [-0.4, -0.2) is 78.6 Å². The minimum atomic E-state index is -0.00403. The number of aromatic nitrogens is 1. The molecule has 0 radical (unpaired) electrons. The van der Waals surface area contributed by atoms with E-state index in [2.05, 4.69) is 10.3 Å². The van der Waals surface area contributed by atoms with Crippen LogP contribution < -0.4 is 5.32 Å². The molecule has 2 saturated heterocycles. The summed E-state index contributed by atoms with van der Waals surface area (Å²) in [5, 5.41) is 4.34. The molecule has 0 bridgehead atoms. The molecule has 3 heterocycles. The Morgan fingerprint density at radius 1 is 1.12 bits per heavy atom. The van der Waals surface area contributed by atoms with E-state index in [0.29, 0.717) is 51.5 Å². The van der Waals surface area contributed by atoms with Gasteiger partial charge in [-0.2, -0.15) is 0 Å². The second kappa shape index (κ2) is 7.47. The van der Waals surface area contributed by atoms with E-state index in [1.807, 2.05) is 40.1 Å². The van der Waals surface area contributed by atoms with Gasteiger partial charge >= 0.3 is 0 Å². The van der Waals surface area contributed by atoms with Crippen molar-refractivity contribution in [1.29, 1.82) is 0 Å². The number of amides is 2. The molecule has 1 aromatic heterocycles. The maximum Gasteiger partial charge on any atom is 0.270 e. The number of piperazine rings is 1. The molecule has 2 aromatic rings. The molecule has 2 fully saturated rings. The number of para-hydroxylation sites is 1. The highest BCUT2D eigenvalue weighted by Crippen LogP contribution is 2.17. The quantitative estimate of drug-likeness (QED) is 0.854. The van der Waals surface area contributed by atoms with Crippen LogP contribution in [0.3, 0.4) is 0 Å². The molecule has 4 rings (SSSR count). The predicted molar refractivity (Wildman–Crippen MR) is 98.0 cm³/mol. The van der Waals surface area contributed by atoms with Gasteiger partial charge in [-0.25, -0.2) is 0 Å². The zero-order valence-corrected chi connectivity index (χ0v) is 14.7. The lowest BCUT2D eigenvalue weighted by Crippen LogP contribution is -2.52. The van der Waals surface area contributed by atoms with E-state index in [1.165, 1.54) is 0 Å². The molecule has 138 valence electrons. The van der Waals surface area contributed by atoms with E-state index in [1.54, 1.807) is 0 Å². The number of morpholine rings is 1. The van der Waals surface area contributed by atoms with Crippen molar-refractivity contribution < 1.29 is 14.3 Å². The first kappa shape index (κ1) is 17.1. The van der Waals surface area contributed by atoms with E-state index < -0.39 is 0 Å². The smallest absolute Gasteiger partial charge is 0.270 e. The van der Waals surface area contributed by atoms with Crippen LogP contribution in [0, 0.1) is 0 Å². The number of carbonyl (C=O) groups excluding carboxylic acids is 2. The van der Waals surface area contributed by atoms with Crippen LogP contribution in [0.4, 0.5) is 0 Å². The highest BCUT2D eigenvalue weighted by Gasteiger charge is 2.27. The standard InChI is InChI=1S/C19H24N4O3/c24-18(12-15-13-26-10-5-20-15)22-6-8-23(9-7-22)19(25)17-11-14-3-1-2-4-16(14)21-17/h1-4,11,15,20-21H,5-10,12-13H2. The number of H-pyrrole nitrogens is 1. The summed E-state index contributed by atoms with van der Waals surface area (Å²) in [6.45, 7) is 4.38. The van der Waals surface area contributed by atoms with Gasteiger partial charge in [-0.1, -0.05) is 18.2 Å². The number of hydrogen-bond acceptors (Lipinski definition) is 4. The largest absolute Gasteiger partial charge is 0.378 e. The lowest BCUT2D eigenvalue weighted by Gasteiger charge is -2.35. The monoisotopic (exact) mass is 356 g/mol. The Balaban J connectivity index is 1.32. The molecule has 2 amide bonds. The molecule has 7 nitrogen and oxygen atoms in total. The van der Waals surface area contributed by atoms with Gasteiger partial charge in [-0.15, -0.1) is 0 Å². The van der Waals surface area contributed by atoms with E-state index in [9.17, 15) is 9.59 Å². The van der Waals surface area contributed by atoms with Crippen molar-refractivity contribution in [3.05, 3.63) is 36.0 Å². The Morgan fingerprint density at radius 2 is 1.88 bits per heavy atom. The summed E-state index contributed by atoms with van der Waals surface area (Å²) >= 11 is 0. The fourth-order valence-corrected chi connectivity index (χ4v) is 3.61. The molecular weight excluding hydrogens is 332 g/mol. The van der Waals surface area contributed by atoms with Gasteiger partial charge in [0.15, 0.2) is 0 Å². The molecule has 2 N–H and O–H groups in total. The summed E-state index contributed by atoms with van der Waals surface area (Å²) < 4.78 is 5.40. The molecule has 0 aliphatic carbocycles. The van der Waals surface area contributed by atoms with Gasteiger partial charge in [-0.3, -0.25) is 9.59 Å². The summed E-state index contributed by atoms with van der Waals surface area (Å²) in [5.41, 5.74) is 1.57. The van der Waals surface area contributed by atoms with E-state index in [4.69, 9.17) is 4.74 Å². The minimum absolute atomic E-state index is 0.00403. The van der Waals surface area contributed by atoms with E-state index >= 15 is 0 Å². The van der Waals surface area contributed by atoms with Gasteiger partial charge in [0, 0.05) is 56.1 Å². The number of nitrogens with zero attached hydrogens (tertiary/aromatic N) is 2. The van der Waals surface area contributed by atoms with Gasteiger partial charge in [0.05, 0.1) is 13.2 Å². The maximum absolute atomic E-state index is 12.7. The SMILES string of the molecule is O=C(CC1COCCN1)N1CCN(C(=O)c2cc3ccccc3[nH]2)CC1. The third kappa shape index (κ3) is 3.59. The molecular formula is C19H24N4O3. The lowest BCUT2D eigenvalue weighted by atomic mass is 10.1. The van der Waals surface area contributed by atoms with Gasteiger partial charge in [0.1, 0.15) is 5.69 Å². The molecule has 7 heteroatoms. The predicted octanol–water partition coefficient (Wildman–Crippen LogP) is 0.831. The molecule has 0 saturated carbocycles. The third-order valence-electron chi connectivity index (χ3n) is 5.10. The topological polar surface area (TPSA) is 77.7 Å².